The van der Waals surface area contributed by atoms with E-state index in [4.69, 9.17) is 5.11 Å². The summed E-state index contributed by atoms with van der Waals surface area (Å²) in [5, 5.41) is 10.9. The molecule has 2 rings (SSSR count). The standard InChI is InChI=1S/C13H15NO3/c1-8-4-2-3-5-9(8)10-6-11(10)13(17)14-7-12(15)16/h2-5,10-11H,6-7H2,1H3,(H,14,17)(H,15,16)/t10-,11+/m0/s1. The highest BCUT2D eigenvalue weighted by molar-refractivity contribution is 5.86. The average molecular weight is 233 g/mol. The summed E-state index contributed by atoms with van der Waals surface area (Å²) < 4.78 is 0. The molecule has 0 aliphatic heterocycles. The largest absolute Gasteiger partial charge is 0.480 e. The van der Waals surface area contributed by atoms with Crippen molar-refractivity contribution in [3.8, 4) is 0 Å². The molecule has 17 heavy (non-hydrogen) atoms. The Bertz CT molecular complexity index is 456. The van der Waals surface area contributed by atoms with Gasteiger partial charge in [0.15, 0.2) is 0 Å². The number of amides is 1. The van der Waals surface area contributed by atoms with E-state index in [1.54, 1.807) is 0 Å². The SMILES string of the molecule is Cc1ccccc1[C@@H]1C[C@H]1C(=O)NCC(=O)O. The number of aryl methyl sites for hydroxylation is 1. The van der Waals surface area contributed by atoms with Crippen molar-refractivity contribution in [1.82, 2.24) is 5.32 Å². The van der Waals surface area contributed by atoms with Crippen molar-refractivity contribution >= 4 is 11.9 Å². The minimum Gasteiger partial charge on any atom is -0.480 e. The quantitative estimate of drug-likeness (QED) is 0.823. The van der Waals surface area contributed by atoms with Gasteiger partial charge in [0.05, 0.1) is 0 Å². The zero-order chi connectivity index (χ0) is 12.4. The minimum atomic E-state index is -1.01. The fraction of sp³-hybridized carbons (Fsp3) is 0.385. The van der Waals surface area contributed by atoms with Crippen molar-refractivity contribution in [2.24, 2.45) is 5.92 Å². The van der Waals surface area contributed by atoms with Gasteiger partial charge in [0.1, 0.15) is 6.54 Å². The third-order valence-electron chi connectivity index (χ3n) is 3.13. The summed E-state index contributed by atoms with van der Waals surface area (Å²) in [6, 6.07) is 8.00. The van der Waals surface area contributed by atoms with Crippen LogP contribution in [0.15, 0.2) is 24.3 Å². The first-order valence-corrected chi connectivity index (χ1v) is 5.64. The van der Waals surface area contributed by atoms with Gasteiger partial charge in [0, 0.05) is 5.92 Å². The molecule has 1 aromatic rings. The van der Waals surface area contributed by atoms with Crippen LogP contribution in [-0.2, 0) is 9.59 Å². The third kappa shape index (κ3) is 2.64. The molecule has 0 bridgehead atoms. The molecular formula is C13H15NO3. The minimum absolute atomic E-state index is 0.0598. The van der Waals surface area contributed by atoms with Crippen molar-refractivity contribution in [1.29, 1.82) is 0 Å². The molecule has 90 valence electrons. The van der Waals surface area contributed by atoms with Gasteiger partial charge in [-0.25, -0.2) is 0 Å². The molecule has 2 atom stereocenters. The molecule has 1 fully saturated rings. The van der Waals surface area contributed by atoms with Crippen molar-refractivity contribution in [2.75, 3.05) is 6.54 Å². The smallest absolute Gasteiger partial charge is 0.322 e. The number of hydrogen-bond donors (Lipinski definition) is 2. The summed E-state index contributed by atoms with van der Waals surface area (Å²) in [4.78, 5) is 22.0. The molecule has 0 spiro atoms. The molecule has 1 aromatic carbocycles. The van der Waals surface area contributed by atoms with E-state index < -0.39 is 5.97 Å². The third-order valence-corrected chi connectivity index (χ3v) is 3.13. The predicted molar refractivity (Wildman–Crippen MR) is 62.7 cm³/mol. The second-order valence-corrected chi connectivity index (χ2v) is 4.42. The van der Waals surface area contributed by atoms with Gasteiger partial charge in [-0.15, -0.1) is 0 Å². The van der Waals surface area contributed by atoms with Crippen LogP contribution in [0.1, 0.15) is 23.5 Å². The zero-order valence-corrected chi connectivity index (χ0v) is 9.64. The lowest BCUT2D eigenvalue weighted by atomic mass is 10.0. The second kappa shape index (κ2) is 4.57. The lowest BCUT2D eigenvalue weighted by Gasteiger charge is -2.04. The van der Waals surface area contributed by atoms with Gasteiger partial charge in [0.25, 0.3) is 0 Å². The summed E-state index contributed by atoms with van der Waals surface area (Å²) in [6.45, 7) is 1.73. The highest BCUT2D eigenvalue weighted by Crippen LogP contribution is 2.48. The van der Waals surface area contributed by atoms with Crippen molar-refractivity contribution in [3.63, 3.8) is 0 Å². The van der Waals surface area contributed by atoms with Crippen LogP contribution in [0.5, 0.6) is 0 Å². The van der Waals surface area contributed by atoms with E-state index in [-0.39, 0.29) is 24.3 Å². The molecule has 1 amide bonds. The summed E-state index contributed by atoms with van der Waals surface area (Å²) in [6.07, 6.45) is 0.816. The van der Waals surface area contributed by atoms with Crippen molar-refractivity contribution < 1.29 is 14.7 Å². The Kier molecular flexibility index (Phi) is 3.13. The normalized spacial score (nSPS) is 21.9. The second-order valence-electron chi connectivity index (χ2n) is 4.42. The van der Waals surface area contributed by atoms with Crippen molar-refractivity contribution in [2.45, 2.75) is 19.3 Å². The molecule has 2 N–H and O–H groups in total. The van der Waals surface area contributed by atoms with Gasteiger partial charge >= 0.3 is 5.97 Å². The lowest BCUT2D eigenvalue weighted by molar-refractivity contribution is -0.138. The number of hydrogen-bond acceptors (Lipinski definition) is 2. The summed E-state index contributed by atoms with van der Waals surface area (Å²) in [7, 11) is 0. The Morgan fingerprint density at radius 2 is 2.12 bits per heavy atom. The first kappa shape index (κ1) is 11.6. The number of carboxylic acids is 1. The van der Waals surface area contributed by atoms with Crippen molar-refractivity contribution in [3.05, 3.63) is 35.4 Å². The monoisotopic (exact) mass is 233 g/mol. The van der Waals surface area contributed by atoms with Gasteiger partial charge in [-0.05, 0) is 30.4 Å². The van der Waals surface area contributed by atoms with E-state index in [0.717, 1.165) is 6.42 Å². The molecule has 1 saturated carbocycles. The van der Waals surface area contributed by atoms with Gasteiger partial charge in [-0.2, -0.15) is 0 Å². The Hall–Kier alpha value is -1.84. The van der Waals surface area contributed by atoms with E-state index in [0.29, 0.717) is 0 Å². The zero-order valence-electron chi connectivity index (χ0n) is 9.64. The van der Waals surface area contributed by atoms with Crippen LogP contribution in [0.4, 0.5) is 0 Å². The van der Waals surface area contributed by atoms with Gasteiger partial charge < -0.3 is 10.4 Å². The van der Waals surface area contributed by atoms with Crippen LogP contribution in [0, 0.1) is 12.8 Å². The molecular weight excluding hydrogens is 218 g/mol. The Morgan fingerprint density at radius 1 is 1.41 bits per heavy atom. The topological polar surface area (TPSA) is 66.4 Å². The van der Waals surface area contributed by atoms with Gasteiger partial charge in [-0.1, -0.05) is 24.3 Å². The number of carbonyl (C=O) groups excluding carboxylic acids is 1. The number of rotatable bonds is 4. The maximum atomic E-state index is 11.6. The summed E-state index contributed by atoms with van der Waals surface area (Å²) in [5.41, 5.74) is 2.38. The maximum absolute atomic E-state index is 11.6. The van der Waals surface area contributed by atoms with Crippen LogP contribution in [0.2, 0.25) is 0 Å². The molecule has 1 aliphatic carbocycles. The van der Waals surface area contributed by atoms with Crippen LogP contribution < -0.4 is 5.32 Å². The molecule has 0 radical (unpaired) electrons. The Balaban J connectivity index is 1.94. The highest BCUT2D eigenvalue weighted by atomic mass is 16.4. The molecule has 0 unspecified atom stereocenters. The summed E-state index contributed by atoms with van der Waals surface area (Å²) in [5.74, 6) is -0.965. The van der Waals surface area contributed by atoms with E-state index >= 15 is 0 Å². The van der Waals surface area contributed by atoms with Crippen LogP contribution in [0.3, 0.4) is 0 Å². The average Bonchev–Trinajstić information content (AvgIpc) is 3.06. The fourth-order valence-corrected chi connectivity index (χ4v) is 2.13. The first-order chi connectivity index (χ1) is 8.09. The van der Waals surface area contributed by atoms with Gasteiger partial charge in [0.2, 0.25) is 5.91 Å². The van der Waals surface area contributed by atoms with Crippen LogP contribution in [-0.4, -0.2) is 23.5 Å². The number of carbonyl (C=O) groups is 2. The maximum Gasteiger partial charge on any atom is 0.322 e. The van der Waals surface area contributed by atoms with Crippen LogP contribution in [0.25, 0.3) is 0 Å². The Morgan fingerprint density at radius 3 is 2.76 bits per heavy atom. The molecule has 1 aliphatic rings. The Labute approximate surface area is 99.6 Å². The highest BCUT2D eigenvalue weighted by Gasteiger charge is 2.44. The molecule has 4 nitrogen and oxygen atoms in total. The number of aliphatic carboxylic acids is 1. The molecule has 0 heterocycles. The van der Waals surface area contributed by atoms with E-state index in [9.17, 15) is 9.59 Å². The number of nitrogens with one attached hydrogen (secondary N) is 1. The van der Waals surface area contributed by atoms with E-state index in [1.165, 1.54) is 11.1 Å². The molecule has 0 saturated heterocycles. The van der Waals surface area contributed by atoms with E-state index in [2.05, 4.69) is 5.32 Å². The lowest BCUT2D eigenvalue weighted by Crippen LogP contribution is -2.30. The number of benzene rings is 1. The molecule has 4 heteroatoms. The fourth-order valence-electron chi connectivity index (χ4n) is 2.13. The van der Waals surface area contributed by atoms with Crippen LogP contribution >= 0.6 is 0 Å². The number of carboxylic acid groups (broad SMARTS) is 1. The summed E-state index contributed by atoms with van der Waals surface area (Å²) >= 11 is 0. The predicted octanol–water partition coefficient (Wildman–Crippen LogP) is 1.30. The van der Waals surface area contributed by atoms with E-state index in [1.807, 2.05) is 31.2 Å². The van der Waals surface area contributed by atoms with Gasteiger partial charge in [-0.3, -0.25) is 9.59 Å². The molecule has 0 aromatic heterocycles. The first-order valence-electron chi connectivity index (χ1n) is 5.64.